The van der Waals surface area contributed by atoms with E-state index in [1.165, 1.54) is 31.5 Å². The molecule has 0 bridgehead atoms. The molecule has 0 spiro atoms. The van der Waals surface area contributed by atoms with Crippen molar-refractivity contribution in [3.05, 3.63) is 28.2 Å². The van der Waals surface area contributed by atoms with Gasteiger partial charge in [0.2, 0.25) is 0 Å². The highest BCUT2D eigenvalue weighted by Crippen LogP contribution is 2.25. The van der Waals surface area contributed by atoms with Crippen molar-refractivity contribution < 1.29 is 4.74 Å². The Morgan fingerprint density at radius 1 is 1.33 bits per heavy atom. The fourth-order valence-corrected chi connectivity index (χ4v) is 2.45. The van der Waals surface area contributed by atoms with Gasteiger partial charge in [-0.15, -0.1) is 0 Å². The van der Waals surface area contributed by atoms with Crippen molar-refractivity contribution in [2.24, 2.45) is 0 Å². The molecule has 82 valence electrons. The van der Waals surface area contributed by atoms with Gasteiger partial charge in [0.15, 0.2) is 0 Å². The predicted octanol–water partition coefficient (Wildman–Crippen LogP) is 3.05. The first-order valence-corrected chi connectivity index (χ1v) is 6.13. The van der Waals surface area contributed by atoms with Crippen molar-refractivity contribution in [3.63, 3.8) is 0 Å². The van der Waals surface area contributed by atoms with Crippen LogP contribution in [0.4, 0.5) is 0 Å². The zero-order valence-corrected chi connectivity index (χ0v) is 10.6. The first-order valence-electron chi connectivity index (χ1n) is 5.34. The second-order valence-electron chi connectivity index (χ2n) is 3.94. The van der Waals surface area contributed by atoms with Crippen LogP contribution in [-0.4, -0.2) is 25.1 Å². The lowest BCUT2D eigenvalue weighted by molar-refractivity contribution is 0.330. The molecule has 0 unspecified atom stereocenters. The summed E-state index contributed by atoms with van der Waals surface area (Å²) < 4.78 is 6.32. The SMILES string of the molecule is COc1ccc(CN2CCCC2)c(Br)c1. The molecule has 2 rings (SSSR count). The van der Waals surface area contributed by atoms with Gasteiger partial charge in [-0.1, -0.05) is 22.0 Å². The van der Waals surface area contributed by atoms with Crippen LogP contribution in [0.25, 0.3) is 0 Å². The van der Waals surface area contributed by atoms with Gasteiger partial charge in [-0.3, -0.25) is 4.90 Å². The minimum absolute atomic E-state index is 0.909. The molecule has 1 aliphatic heterocycles. The molecule has 1 aliphatic rings. The summed E-state index contributed by atoms with van der Waals surface area (Å²) in [5.41, 5.74) is 1.35. The molecule has 1 saturated heterocycles. The molecule has 0 N–H and O–H groups in total. The van der Waals surface area contributed by atoms with Crippen LogP contribution in [0.3, 0.4) is 0 Å². The molecule has 2 nitrogen and oxygen atoms in total. The standard InChI is InChI=1S/C12H16BrNO/c1-15-11-5-4-10(12(13)8-11)9-14-6-2-3-7-14/h4-5,8H,2-3,6-7,9H2,1H3. The lowest BCUT2D eigenvalue weighted by Gasteiger charge is -2.16. The lowest BCUT2D eigenvalue weighted by Crippen LogP contribution is -2.18. The maximum Gasteiger partial charge on any atom is 0.120 e. The average Bonchev–Trinajstić information content (AvgIpc) is 2.74. The summed E-state index contributed by atoms with van der Waals surface area (Å²) in [5.74, 6) is 0.909. The summed E-state index contributed by atoms with van der Waals surface area (Å²) in [4.78, 5) is 2.49. The van der Waals surface area contributed by atoms with Gasteiger partial charge >= 0.3 is 0 Å². The van der Waals surface area contributed by atoms with Crippen molar-refractivity contribution >= 4 is 15.9 Å². The highest BCUT2D eigenvalue weighted by Gasteiger charge is 2.13. The summed E-state index contributed by atoms with van der Waals surface area (Å²) in [7, 11) is 1.70. The third-order valence-electron chi connectivity index (χ3n) is 2.85. The highest BCUT2D eigenvalue weighted by molar-refractivity contribution is 9.10. The Hall–Kier alpha value is -0.540. The van der Waals surface area contributed by atoms with E-state index >= 15 is 0 Å². The average molecular weight is 270 g/mol. The number of hydrogen-bond acceptors (Lipinski definition) is 2. The normalized spacial score (nSPS) is 16.9. The number of methoxy groups -OCH3 is 1. The smallest absolute Gasteiger partial charge is 0.120 e. The van der Waals surface area contributed by atoms with Crippen LogP contribution in [0.5, 0.6) is 5.75 Å². The van der Waals surface area contributed by atoms with Gasteiger partial charge < -0.3 is 4.74 Å². The molecule has 0 aromatic heterocycles. The summed E-state index contributed by atoms with van der Waals surface area (Å²) >= 11 is 3.59. The zero-order chi connectivity index (χ0) is 10.7. The molecular formula is C12H16BrNO. The molecule has 1 fully saturated rings. The van der Waals surface area contributed by atoms with Crippen molar-refractivity contribution in [3.8, 4) is 5.75 Å². The molecular weight excluding hydrogens is 254 g/mol. The largest absolute Gasteiger partial charge is 0.497 e. The van der Waals surface area contributed by atoms with E-state index in [9.17, 15) is 0 Å². The van der Waals surface area contributed by atoms with Gasteiger partial charge in [-0.25, -0.2) is 0 Å². The maximum atomic E-state index is 5.18. The summed E-state index contributed by atoms with van der Waals surface area (Å²) in [5, 5.41) is 0. The molecule has 0 atom stereocenters. The van der Waals surface area contributed by atoms with Crippen LogP contribution in [0.2, 0.25) is 0 Å². The van der Waals surface area contributed by atoms with Crippen LogP contribution in [0, 0.1) is 0 Å². The number of rotatable bonds is 3. The molecule has 1 aromatic carbocycles. The minimum atomic E-state index is 0.909. The van der Waals surface area contributed by atoms with E-state index in [0.717, 1.165) is 16.8 Å². The Bertz CT molecular complexity index is 334. The highest BCUT2D eigenvalue weighted by atomic mass is 79.9. The van der Waals surface area contributed by atoms with Gasteiger partial charge in [0, 0.05) is 11.0 Å². The topological polar surface area (TPSA) is 12.5 Å². The van der Waals surface area contributed by atoms with Crippen molar-refractivity contribution in [1.82, 2.24) is 4.90 Å². The Balaban J connectivity index is 2.07. The van der Waals surface area contributed by atoms with Crippen LogP contribution < -0.4 is 4.74 Å². The number of benzene rings is 1. The molecule has 15 heavy (non-hydrogen) atoms. The molecule has 0 aliphatic carbocycles. The van der Waals surface area contributed by atoms with Gasteiger partial charge in [-0.2, -0.15) is 0 Å². The van der Waals surface area contributed by atoms with E-state index in [1.54, 1.807) is 7.11 Å². The summed E-state index contributed by atoms with van der Waals surface area (Å²) in [6.45, 7) is 3.52. The van der Waals surface area contributed by atoms with E-state index < -0.39 is 0 Å². The summed E-state index contributed by atoms with van der Waals surface area (Å²) in [6, 6.07) is 6.20. The van der Waals surface area contributed by atoms with Gasteiger partial charge in [-0.05, 0) is 43.6 Å². The quantitative estimate of drug-likeness (QED) is 0.837. The first-order chi connectivity index (χ1) is 7.29. The maximum absolute atomic E-state index is 5.18. The third-order valence-corrected chi connectivity index (χ3v) is 3.59. The fraction of sp³-hybridized carbons (Fsp3) is 0.500. The molecule has 0 saturated carbocycles. The van der Waals surface area contributed by atoms with Gasteiger partial charge in [0.25, 0.3) is 0 Å². The second-order valence-corrected chi connectivity index (χ2v) is 4.79. The third kappa shape index (κ3) is 2.73. The first kappa shape index (κ1) is 11.0. The van der Waals surface area contributed by atoms with E-state index in [4.69, 9.17) is 4.74 Å². The van der Waals surface area contributed by atoms with Crippen molar-refractivity contribution in [1.29, 1.82) is 0 Å². The van der Waals surface area contributed by atoms with Crippen LogP contribution in [0.1, 0.15) is 18.4 Å². The predicted molar refractivity (Wildman–Crippen MR) is 65.2 cm³/mol. The number of ether oxygens (including phenoxy) is 1. The van der Waals surface area contributed by atoms with E-state index in [1.807, 2.05) is 12.1 Å². The van der Waals surface area contributed by atoms with Crippen LogP contribution in [-0.2, 0) is 6.54 Å². The molecule has 0 radical (unpaired) electrons. The van der Waals surface area contributed by atoms with Gasteiger partial charge in [0.1, 0.15) is 5.75 Å². The Morgan fingerprint density at radius 2 is 2.07 bits per heavy atom. The molecule has 3 heteroatoms. The molecule has 1 aromatic rings. The number of likely N-dealkylation sites (tertiary alicyclic amines) is 1. The second kappa shape index (κ2) is 4.99. The minimum Gasteiger partial charge on any atom is -0.497 e. The monoisotopic (exact) mass is 269 g/mol. The fourth-order valence-electron chi connectivity index (χ4n) is 1.96. The van der Waals surface area contributed by atoms with Crippen molar-refractivity contribution in [2.75, 3.05) is 20.2 Å². The lowest BCUT2D eigenvalue weighted by atomic mass is 10.2. The molecule has 1 heterocycles. The van der Waals surface area contributed by atoms with E-state index in [-0.39, 0.29) is 0 Å². The van der Waals surface area contributed by atoms with Crippen LogP contribution >= 0.6 is 15.9 Å². The van der Waals surface area contributed by atoms with Gasteiger partial charge in [0.05, 0.1) is 7.11 Å². The number of halogens is 1. The molecule has 0 amide bonds. The number of nitrogens with zero attached hydrogens (tertiary/aromatic N) is 1. The zero-order valence-electron chi connectivity index (χ0n) is 9.00. The van der Waals surface area contributed by atoms with E-state index in [2.05, 4.69) is 26.9 Å². The summed E-state index contributed by atoms with van der Waals surface area (Å²) in [6.07, 6.45) is 2.68. The van der Waals surface area contributed by atoms with E-state index in [0.29, 0.717) is 0 Å². The number of hydrogen-bond donors (Lipinski definition) is 0. The Kier molecular flexibility index (Phi) is 3.65. The van der Waals surface area contributed by atoms with Crippen molar-refractivity contribution in [2.45, 2.75) is 19.4 Å². The van der Waals surface area contributed by atoms with Crippen LogP contribution in [0.15, 0.2) is 22.7 Å². The Labute approximate surface area is 99.4 Å². The Morgan fingerprint density at radius 3 is 2.67 bits per heavy atom.